The number of rotatable bonds is 3. The number of ether oxygens (including phenoxy) is 1. The normalized spacial score (nSPS) is 14.1. The van der Waals surface area contributed by atoms with Gasteiger partial charge in [0.05, 0.1) is 5.69 Å². The number of amides is 1. The van der Waals surface area contributed by atoms with E-state index in [0.29, 0.717) is 31.9 Å². The van der Waals surface area contributed by atoms with Gasteiger partial charge in [0.25, 0.3) is 0 Å². The molecular formula is C19H18FN3O2. The van der Waals surface area contributed by atoms with Crippen LogP contribution < -0.4 is 4.90 Å². The first-order valence-corrected chi connectivity index (χ1v) is 8.08. The summed E-state index contributed by atoms with van der Waals surface area (Å²) >= 11 is 0. The Kier molecular flexibility index (Phi) is 5.14. The molecule has 2 aromatic carbocycles. The fourth-order valence-electron chi connectivity index (χ4n) is 2.83. The highest BCUT2D eigenvalue weighted by Gasteiger charge is 2.24. The molecule has 5 nitrogen and oxygen atoms in total. The van der Waals surface area contributed by atoms with E-state index in [-0.39, 0.29) is 18.3 Å². The van der Waals surface area contributed by atoms with Gasteiger partial charge in [0, 0.05) is 26.2 Å². The Morgan fingerprint density at radius 1 is 1.08 bits per heavy atom. The molecule has 25 heavy (non-hydrogen) atoms. The number of nitriles is 1. The Morgan fingerprint density at radius 2 is 1.80 bits per heavy atom. The summed E-state index contributed by atoms with van der Waals surface area (Å²) < 4.78 is 19.1. The number of benzene rings is 2. The number of carbonyl (C=O) groups is 1. The fourth-order valence-corrected chi connectivity index (χ4v) is 2.83. The molecule has 1 aliphatic rings. The molecule has 0 saturated carbocycles. The highest BCUT2D eigenvalue weighted by Crippen LogP contribution is 2.23. The lowest BCUT2D eigenvalue weighted by Gasteiger charge is -2.35. The third-order valence-corrected chi connectivity index (χ3v) is 4.19. The topological polar surface area (TPSA) is 56.6 Å². The lowest BCUT2D eigenvalue weighted by molar-refractivity contribution is 0.0942. The Labute approximate surface area is 145 Å². The molecule has 1 amide bonds. The lowest BCUT2D eigenvalue weighted by atomic mass is 10.1. The van der Waals surface area contributed by atoms with Crippen LogP contribution in [-0.2, 0) is 11.3 Å². The molecule has 0 unspecified atom stereocenters. The summed E-state index contributed by atoms with van der Waals surface area (Å²) in [5.74, 6) is -0.523. The van der Waals surface area contributed by atoms with Crippen molar-refractivity contribution < 1.29 is 13.9 Å². The third kappa shape index (κ3) is 3.89. The molecule has 128 valence electrons. The van der Waals surface area contributed by atoms with Crippen LogP contribution in [0.25, 0.3) is 0 Å². The van der Waals surface area contributed by atoms with Crippen molar-refractivity contribution in [1.29, 1.82) is 5.26 Å². The van der Waals surface area contributed by atoms with E-state index >= 15 is 0 Å². The summed E-state index contributed by atoms with van der Waals surface area (Å²) in [6.07, 6.45) is -0.358. The largest absolute Gasteiger partial charge is 0.445 e. The van der Waals surface area contributed by atoms with Crippen LogP contribution in [0.4, 0.5) is 14.9 Å². The van der Waals surface area contributed by atoms with E-state index in [9.17, 15) is 9.18 Å². The molecular weight excluding hydrogens is 321 g/mol. The monoisotopic (exact) mass is 339 g/mol. The van der Waals surface area contributed by atoms with Gasteiger partial charge in [0.2, 0.25) is 0 Å². The van der Waals surface area contributed by atoms with E-state index in [1.54, 1.807) is 17.0 Å². The molecule has 3 rings (SSSR count). The number of piperazine rings is 1. The Morgan fingerprint density at radius 3 is 2.48 bits per heavy atom. The zero-order chi connectivity index (χ0) is 17.6. The van der Waals surface area contributed by atoms with Crippen molar-refractivity contribution in [1.82, 2.24) is 4.90 Å². The summed E-state index contributed by atoms with van der Waals surface area (Å²) in [5, 5.41) is 9.15. The van der Waals surface area contributed by atoms with Crippen molar-refractivity contribution in [3.8, 4) is 6.07 Å². The first kappa shape index (κ1) is 16.8. The minimum Gasteiger partial charge on any atom is -0.445 e. The number of hydrogen-bond acceptors (Lipinski definition) is 4. The van der Waals surface area contributed by atoms with Gasteiger partial charge in [-0.05, 0) is 17.7 Å². The van der Waals surface area contributed by atoms with Crippen LogP contribution in [0, 0.1) is 17.1 Å². The van der Waals surface area contributed by atoms with Gasteiger partial charge >= 0.3 is 6.09 Å². The molecule has 0 aromatic heterocycles. The zero-order valence-electron chi connectivity index (χ0n) is 13.7. The van der Waals surface area contributed by atoms with Crippen molar-refractivity contribution in [2.24, 2.45) is 0 Å². The van der Waals surface area contributed by atoms with Crippen molar-refractivity contribution >= 4 is 11.8 Å². The van der Waals surface area contributed by atoms with Crippen LogP contribution in [0.3, 0.4) is 0 Å². The van der Waals surface area contributed by atoms with Crippen molar-refractivity contribution in [2.75, 3.05) is 31.1 Å². The molecule has 0 aliphatic carbocycles. The minimum absolute atomic E-state index is 0.0441. The lowest BCUT2D eigenvalue weighted by Crippen LogP contribution is -2.49. The average Bonchev–Trinajstić information content (AvgIpc) is 2.67. The molecule has 0 N–H and O–H groups in total. The standard InChI is InChI=1S/C19H18FN3O2/c20-17-7-4-8-18(16(17)13-21)22-9-11-23(12-10-22)19(24)25-14-15-5-2-1-3-6-15/h1-8H,9-12,14H2. The molecule has 0 spiro atoms. The molecule has 1 fully saturated rings. The van der Waals surface area contributed by atoms with E-state index < -0.39 is 5.82 Å². The molecule has 6 heteroatoms. The van der Waals surface area contributed by atoms with Gasteiger partial charge in [-0.25, -0.2) is 9.18 Å². The van der Waals surface area contributed by atoms with Crippen LogP contribution in [0.5, 0.6) is 0 Å². The van der Waals surface area contributed by atoms with E-state index in [1.807, 2.05) is 41.3 Å². The second-order valence-electron chi connectivity index (χ2n) is 5.76. The van der Waals surface area contributed by atoms with Gasteiger partial charge in [-0.2, -0.15) is 5.26 Å². The molecule has 0 radical (unpaired) electrons. The second kappa shape index (κ2) is 7.67. The zero-order valence-corrected chi connectivity index (χ0v) is 13.7. The second-order valence-corrected chi connectivity index (χ2v) is 5.76. The molecule has 1 heterocycles. The summed E-state index contributed by atoms with van der Waals surface area (Å²) in [7, 11) is 0. The van der Waals surface area contributed by atoms with Gasteiger partial charge in [0.15, 0.2) is 0 Å². The molecule has 0 atom stereocenters. The summed E-state index contributed by atoms with van der Waals surface area (Å²) in [5.41, 5.74) is 1.55. The highest BCUT2D eigenvalue weighted by molar-refractivity contribution is 5.68. The van der Waals surface area contributed by atoms with Crippen molar-refractivity contribution in [2.45, 2.75) is 6.61 Å². The first-order valence-electron chi connectivity index (χ1n) is 8.08. The van der Waals surface area contributed by atoms with Gasteiger partial charge in [-0.15, -0.1) is 0 Å². The quantitative estimate of drug-likeness (QED) is 0.862. The van der Waals surface area contributed by atoms with Crippen LogP contribution in [0.1, 0.15) is 11.1 Å². The van der Waals surface area contributed by atoms with Gasteiger partial charge < -0.3 is 14.5 Å². The SMILES string of the molecule is N#Cc1c(F)cccc1N1CCN(C(=O)OCc2ccccc2)CC1. The Hall–Kier alpha value is -3.07. The fraction of sp³-hybridized carbons (Fsp3) is 0.263. The number of carbonyl (C=O) groups excluding carboxylic acids is 1. The van der Waals surface area contributed by atoms with Gasteiger partial charge in [-0.3, -0.25) is 0 Å². The van der Waals surface area contributed by atoms with Crippen LogP contribution >= 0.6 is 0 Å². The van der Waals surface area contributed by atoms with E-state index in [0.717, 1.165) is 5.56 Å². The van der Waals surface area contributed by atoms with E-state index in [1.165, 1.54) is 6.07 Å². The molecule has 1 aliphatic heterocycles. The summed E-state index contributed by atoms with van der Waals surface area (Å²) in [4.78, 5) is 15.7. The highest BCUT2D eigenvalue weighted by atomic mass is 19.1. The summed E-state index contributed by atoms with van der Waals surface area (Å²) in [6.45, 7) is 2.23. The predicted molar refractivity (Wildman–Crippen MR) is 91.5 cm³/mol. The third-order valence-electron chi connectivity index (χ3n) is 4.19. The first-order chi connectivity index (χ1) is 12.2. The van der Waals surface area contributed by atoms with Crippen LogP contribution in [0.2, 0.25) is 0 Å². The maximum absolute atomic E-state index is 13.7. The summed E-state index contributed by atoms with van der Waals surface area (Å²) in [6, 6.07) is 16.0. The maximum atomic E-state index is 13.7. The number of hydrogen-bond donors (Lipinski definition) is 0. The minimum atomic E-state index is -0.523. The molecule has 0 bridgehead atoms. The van der Waals surface area contributed by atoms with E-state index in [2.05, 4.69) is 0 Å². The maximum Gasteiger partial charge on any atom is 0.410 e. The van der Waals surface area contributed by atoms with Crippen molar-refractivity contribution in [3.05, 3.63) is 65.5 Å². The molecule has 1 saturated heterocycles. The van der Waals surface area contributed by atoms with Gasteiger partial charge in [0.1, 0.15) is 24.1 Å². The Bertz CT molecular complexity index is 781. The smallest absolute Gasteiger partial charge is 0.410 e. The average molecular weight is 339 g/mol. The number of anilines is 1. The van der Waals surface area contributed by atoms with Gasteiger partial charge in [-0.1, -0.05) is 36.4 Å². The van der Waals surface area contributed by atoms with Crippen LogP contribution in [-0.4, -0.2) is 37.2 Å². The molecule has 2 aromatic rings. The number of halogens is 1. The Balaban J connectivity index is 1.56. The van der Waals surface area contributed by atoms with Crippen LogP contribution in [0.15, 0.2) is 48.5 Å². The predicted octanol–water partition coefficient (Wildman–Crippen LogP) is 3.16. The number of nitrogens with zero attached hydrogens (tertiary/aromatic N) is 3. The van der Waals surface area contributed by atoms with E-state index in [4.69, 9.17) is 10.00 Å². The van der Waals surface area contributed by atoms with Crippen molar-refractivity contribution in [3.63, 3.8) is 0 Å².